The number of hydrogen-bond acceptors (Lipinski definition) is 4. The molecule has 0 saturated heterocycles. The van der Waals surface area contributed by atoms with Gasteiger partial charge in [-0.05, 0) is 29.8 Å². The predicted octanol–water partition coefficient (Wildman–Crippen LogP) is 4.06. The zero-order valence-corrected chi connectivity index (χ0v) is 16.2. The van der Waals surface area contributed by atoms with Gasteiger partial charge in [-0.1, -0.05) is 56.4 Å². The molecule has 0 radical (unpaired) electrons. The van der Waals surface area contributed by atoms with Crippen molar-refractivity contribution in [1.82, 2.24) is 5.32 Å². The summed E-state index contributed by atoms with van der Waals surface area (Å²) in [6.45, 7) is 4.32. The molecule has 1 amide bonds. The number of carbonyl (C=O) groups excluding carboxylic acids is 1. The van der Waals surface area contributed by atoms with Gasteiger partial charge in [0, 0.05) is 23.8 Å². The Hall–Kier alpha value is -2.66. The molecule has 1 aliphatic rings. The van der Waals surface area contributed by atoms with Crippen molar-refractivity contribution in [3.05, 3.63) is 71.4 Å². The second-order valence-corrected chi connectivity index (χ2v) is 7.19. The van der Waals surface area contributed by atoms with Crippen LogP contribution in [-0.2, 0) is 5.41 Å². The third-order valence-electron chi connectivity index (χ3n) is 4.80. The lowest BCUT2D eigenvalue weighted by Gasteiger charge is -2.24. The Morgan fingerprint density at radius 2 is 1.81 bits per heavy atom. The van der Waals surface area contributed by atoms with E-state index < -0.39 is 0 Å². The van der Waals surface area contributed by atoms with Gasteiger partial charge in [0.15, 0.2) is 0 Å². The molecule has 2 aromatic carbocycles. The summed E-state index contributed by atoms with van der Waals surface area (Å²) in [5, 5.41) is 2.79. The Balaban J connectivity index is 1.85. The number of methoxy groups -OCH3 is 1. The molecule has 3 rings (SSSR count). The minimum atomic E-state index is -0.278. The molecule has 0 aliphatic carbocycles. The van der Waals surface area contributed by atoms with Gasteiger partial charge in [0.25, 0.3) is 5.91 Å². The molecule has 0 spiro atoms. The molecule has 1 N–H and O–H groups in total. The molecule has 4 nitrogen and oxygen atoms in total. The lowest BCUT2D eigenvalue weighted by Crippen LogP contribution is -2.31. The fourth-order valence-electron chi connectivity index (χ4n) is 3.43. The van der Waals surface area contributed by atoms with Crippen LogP contribution in [0.1, 0.15) is 29.8 Å². The quantitative estimate of drug-likeness (QED) is 0.657. The third-order valence-corrected chi connectivity index (χ3v) is 5.02. The van der Waals surface area contributed by atoms with Crippen LogP contribution < -0.4 is 15.0 Å². The minimum Gasteiger partial charge on any atom is -0.496 e. The molecule has 0 atom stereocenters. The van der Waals surface area contributed by atoms with Crippen LogP contribution in [0, 0.1) is 0 Å². The normalized spacial score (nSPS) is 16.3. The van der Waals surface area contributed by atoms with Crippen LogP contribution in [0.25, 0.3) is 0 Å². The summed E-state index contributed by atoms with van der Waals surface area (Å²) in [4.78, 5) is 15.0. The number of benzene rings is 2. The average Bonchev–Trinajstić information content (AvgIpc) is 2.83. The molecule has 0 fully saturated rings. The van der Waals surface area contributed by atoms with Gasteiger partial charge in [-0.2, -0.15) is 0 Å². The summed E-state index contributed by atoms with van der Waals surface area (Å²) in [7, 11) is 3.56. The standard InChI is InChI=1S/C21H22N2O2S/c1-21(2)15-10-6-7-11-16(15)23(3)18(21)13-19(26)22-20(24)14-9-5-8-12-17(14)25-4/h5-13H,1-4H3,(H,22,24,26)/b18-13+. The summed E-state index contributed by atoms with van der Waals surface area (Å²) in [6, 6.07) is 15.4. The molecule has 0 bridgehead atoms. The fourth-order valence-corrected chi connectivity index (χ4v) is 3.63. The van der Waals surface area contributed by atoms with E-state index in [0.29, 0.717) is 16.3 Å². The van der Waals surface area contributed by atoms with Crippen molar-refractivity contribution in [3.8, 4) is 5.75 Å². The number of para-hydroxylation sites is 2. The monoisotopic (exact) mass is 366 g/mol. The van der Waals surface area contributed by atoms with Crippen molar-refractivity contribution in [2.45, 2.75) is 19.3 Å². The van der Waals surface area contributed by atoms with E-state index in [1.807, 2.05) is 31.3 Å². The van der Waals surface area contributed by atoms with Crippen molar-refractivity contribution < 1.29 is 9.53 Å². The number of amides is 1. The second-order valence-electron chi connectivity index (χ2n) is 6.75. The molecular formula is C21H22N2O2S. The topological polar surface area (TPSA) is 41.6 Å². The van der Waals surface area contributed by atoms with Crippen LogP contribution in [0.2, 0.25) is 0 Å². The number of carbonyl (C=O) groups is 1. The number of nitrogens with zero attached hydrogens (tertiary/aromatic N) is 1. The molecule has 134 valence electrons. The smallest absolute Gasteiger partial charge is 0.260 e. The number of nitrogens with one attached hydrogen (secondary N) is 1. The van der Waals surface area contributed by atoms with Crippen LogP contribution in [0.3, 0.4) is 0 Å². The maximum atomic E-state index is 12.5. The van der Waals surface area contributed by atoms with Gasteiger partial charge >= 0.3 is 0 Å². The van der Waals surface area contributed by atoms with Crippen LogP contribution in [0.15, 0.2) is 60.3 Å². The van der Waals surface area contributed by atoms with E-state index in [0.717, 1.165) is 11.4 Å². The van der Waals surface area contributed by atoms with E-state index in [9.17, 15) is 4.79 Å². The van der Waals surface area contributed by atoms with Gasteiger partial charge < -0.3 is 15.0 Å². The Morgan fingerprint density at radius 3 is 2.50 bits per heavy atom. The number of hydrogen-bond donors (Lipinski definition) is 1. The third kappa shape index (κ3) is 3.10. The minimum absolute atomic E-state index is 0.190. The zero-order valence-electron chi connectivity index (χ0n) is 15.4. The first kappa shape index (κ1) is 18.1. The predicted molar refractivity (Wildman–Crippen MR) is 109 cm³/mol. The molecule has 1 heterocycles. The van der Waals surface area contributed by atoms with Gasteiger partial charge in [0.2, 0.25) is 0 Å². The SMILES string of the molecule is COc1ccccc1C(=O)NC(=S)/C=C1/N(C)c2ccccc2C1(C)C. The fraction of sp³-hybridized carbons (Fsp3) is 0.238. The highest BCUT2D eigenvalue weighted by molar-refractivity contribution is 7.80. The Morgan fingerprint density at radius 1 is 1.15 bits per heavy atom. The number of fused-ring (bicyclic) bond motifs is 1. The molecule has 5 heteroatoms. The molecule has 0 aromatic heterocycles. The van der Waals surface area contributed by atoms with Crippen LogP contribution >= 0.6 is 12.2 Å². The summed E-state index contributed by atoms with van der Waals surface area (Å²) in [5.41, 5.74) is 3.71. The van der Waals surface area contributed by atoms with E-state index in [1.165, 1.54) is 5.56 Å². The molecule has 1 aliphatic heterocycles. The number of ether oxygens (including phenoxy) is 1. The first-order chi connectivity index (χ1) is 12.4. The van der Waals surface area contributed by atoms with Crippen molar-refractivity contribution in [3.63, 3.8) is 0 Å². The highest BCUT2D eigenvalue weighted by atomic mass is 32.1. The lowest BCUT2D eigenvalue weighted by atomic mass is 9.84. The lowest BCUT2D eigenvalue weighted by molar-refractivity contribution is 0.0975. The molecule has 2 aromatic rings. The summed E-state index contributed by atoms with van der Waals surface area (Å²) >= 11 is 5.44. The van der Waals surface area contributed by atoms with Crippen molar-refractivity contribution in [1.29, 1.82) is 0 Å². The number of allylic oxidation sites excluding steroid dienone is 1. The number of rotatable bonds is 3. The Bertz CT molecular complexity index is 902. The van der Waals surface area contributed by atoms with Crippen molar-refractivity contribution >= 4 is 28.8 Å². The van der Waals surface area contributed by atoms with Crippen molar-refractivity contribution in [2.75, 3.05) is 19.1 Å². The Labute approximate surface area is 159 Å². The van der Waals surface area contributed by atoms with Gasteiger partial charge in [-0.3, -0.25) is 4.79 Å². The first-order valence-electron chi connectivity index (χ1n) is 8.40. The molecular weight excluding hydrogens is 344 g/mol. The maximum Gasteiger partial charge on any atom is 0.260 e. The zero-order chi connectivity index (χ0) is 18.9. The molecule has 0 saturated carbocycles. The highest BCUT2D eigenvalue weighted by Crippen LogP contribution is 2.46. The van der Waals surface area contributed by atoms with E-state index in [2.05, 4.69) is 36.2 Å². The number of thiocarbonyl (C=S) groups is 1. The van der Waals surface area contributed by atoms with E-state index in [1.54, 1.807) is 25.3 Å². The van der Waals surface area contributed by atoms with Crippen LogP contribution in [0.4, 0.5) is 5.69 Å². The second kappa shape index (κ2) is 6.92. The van der Waals surface area contributed by atoms with Gasteiger partial charge in [0.1, 0.15) is 10.7 Å². The summed E-state index contributed by atoms with van der Waals surface area (Å²) < 4.78 is 5.25. The Kier molecular flexibility index (Phi) is 4.83. The number of anilines is 1. The van der Waals surface area contributed by atoms with Gasteiger partial charge in [0.05, 0.1) is 12.7 Å². The number of likely N-dealkylation sites (N-methyl/N-ethyl adjacent to an activating group) is 1. The highest BCUT2D eigenvalue weighted by Gasteiger charge is 2.38. The van der Waals surface area contributed by atoms with Crippen molar-refractivity contribution in [2.24, 2.45) is 0 Å². The summed E-state index contributed by atoms with van der Waals surface area (Å²) in [6.07, 6.45) is 1.86. The largest absolute Gasteiger partial charge is 0.496 e. The van der Waals surface area contributed by atoms with E-state index >= 15 is 0 Å². The molecule has 26 heavy (non-hydrogen) atoms. The first-order valence-corrected chi connectivity index (χ1v) is 8.81. The summed E-state index contributed by atoms with van der Waals surface area (Å²) in [5.74, 6) is 0.242. The maximum absolute atomic E-state index is 12.5. The van der Waals surface area contributed by atoms with Gasteiger partial charge in [-0.25, -0.2) is 0 Å². The van der Waals surface area contributed by atoms with Crippen LogP contribution in [0.5, 0.6) is 5.75 Å². The van der Waals surface area contributed by atoms with E-state index in [4.69, 9.17) is 17.0 Å². The average molecular weight is 366 g/mol. The van der Waals surface area contributed by atoms with Gasteiger partial charge in [-0.15, -0.1) is 0 Å². The van der Waals surface area contributed by atoms with Crippen LogP contribution in [-0.4, -0.2) is 25.1 Å². The molecule has 0 unspecified atom stereocenters. The van der Waals surface area contributed by atoms with E-state index in [-0.39, 0.29) is 11.3 Å².